The van der Waals surface area contributed by atoms with Crippen LogP contribution in [0.25, 0.3) is 0 Å². The van der Waals surface area contributed by atoms with E-state index in [4.69, 9.17) is 11.6 Å². The lowest BCUT2D eigenvalue weighted by atomic mass is 10.2. The van der Waals surface area contributed by atoms with Gasteiger partial charge in [0, 0.05) is 43.1 Å². The predicted octanol–water partition coefficient (Wildman–Crippen LogP) is 2.52. The zero-order valence-electron chi connectivity index (χ0n) is 15.0. The first kappa shape index (κ1) is 18.2. The Hall–Kier alpha value is -3.19. The van der Waals surface area contributed by atoms with Gasteiger partial charge < -0.3 is 10.2 Å². The van der Waals surface area contributed by atoms with Crippen molar-refractivity contribution in [3.8, 4) is 0 Å². The highest BCUT2D eigenvalue weighted by Gasteiger charge is 2.27. The largest absolute Gasteiger partial charge is 0.347 e. The summed E-state index contributed by atoms with van der Waals surface area (Å²) in [5.74, 6) is -0.456. The molecule has 3 aromatic rings. The quantitative estimate of drug-likeness (QED) is 0.719. The van der Waals surface area contributed by atoms with E-state index >= 15 is 0 Å². The number of aromatic nitrogens is 3. The Bertz CT molecular complexity index is 1000. The molecule has 0 aliphatic carbocycles. The fourth-order valence-corrected chi connectivity index (χ4v) is 3.21. The molecule has 0 atom stereocenters. The lowest BCUT2D eigenvalue weighted by molar-refractivity contribution is 0.0683. The number of carbonyl (C=O) groups excluding carboxylic acids is 2. The van der Waals surface area contributed by atoms with E-state index in [1.54, 1.807) is 40.2 Å². The highest BCUT2D eigenvalue weighted by Crippen LogP contribution is 2.18. The number of amides is 2. The number of carbonyl (C=O) groups is 2. The van der Waals surface area contributed by atoms with Crippen molar-refractivity contribution in [1.29, 1.82) is 0 Å². The highest BCUT2D eigenvalue weighted by molar-refractivity contribution is 6.30. The second-order valence-corrected chi connectivity index (χ2v) is 6.97. The maximum atomic E-state index is 12.8. The van der Waals surface area contributed by atoms with Crippen molar-refractivity contribution in [1.82, 2.24) is 25.0 Å². The Labute approximate surface area is 166 Å². The molecule has 1 aromatic carbocycles. The molecule has 0 unspecified atom stereocenters. The lowest BCUT2D eigenvalue weighted by Crippen LogP contribution is -2.39. The molecule has 0 fully saturated rings. The van der Waals surface area contributed by atoms with Gasteiger partial charge in [-0.15, -0.1) is 0 Å². The summed E-state index contributed by atoms with van der Waals surface area (Å²) >= 11 is 5.91. The summed E-state index contributed by atoms with van der Waals surface area (Å²) in [6, 6.07) is 12.7. The molecule has 1 aliphatic rings. The number of hydrogen-bond acceptors (Lipinski definition) is 4. The number of benzene rings is 1. The maximum absolute atomic E-state index is 12.8. The molecule has 8 heteroatoms. The van der Waals surface area contributed by atoms with Gasteiger partial charge in [-0.05, 0) is 29.3 Å². The Morgan fingerprint density at radius 2 is 1.96 bits per heavy atom. The van der Waals surface area contributed by atoms with E-state index < -0.39 is 0 Å². The highest BCUT2D eigenvalue weighted by atomic mass is 35.5. The summed E-state index contributed by atoms with van der Waals surface area (Å²) in [5.41, 5.74) is 2.55. The van der Waals surface area contributed by atoms with Crippen molar-refractivity contribution in [2.75, 3.05) is 6.54 Å². The first-order valence-corrected chi connectivity index (χ1v) is 9.26. The first-order chi connectivity index (χ1) is 13.6. The normalized spacial score (nSPS) is 13.3. The van der Waals surface area contributed by atoms with Gasteiger partial charge in [-0.25, -0.2) is 0 Å². The van der Waals surface area contributed by atoms with Crippen LogP contribution >= 0.6 is 11.6 Å². The van der Waals surface area contributed by atoms with Crippen LogP contribution in [0.5, 0.6) is 0 Å². The number of hydrogen-bond donors (Lipinski definition) is 1. The molecule has 28 heavy (non-hydrogen) atoms. The van der Waals surface area contributed by atoms with E-state index in [1.165, 1.54) is 0 Å². The van der Waals surface area contributed by atoms with Crippen LogP contribution in [0.15, 0.2) is 54.9 Å². The van der Waals surface area contributed by atoms with E-state index in [0.29, 0.717) is 36.9 Å². The van der Waals surface area contributed by atoms with Crippen LogP contribution in [0.1, 0.15) is 32.1 Å². The first-order valence-electron chi connectivity index (χ1n) is 8.89. The van der Waals surface area contributed by atoms with Gasteiger partial charge in [0.25, 0.3) is 11.8 Å². The van der Waals surface area contributed by atoms with Crippen LogP contribution in [0, 0.1) is 0 Å². The lowest BCUT2D eigenvalue weighted by Gasteiger charge is -2.27. The van der Waals surface area contributed by atoms with Crippen molar-refractivity contribution in [2.45, 2.75) is 19.6 Å². The second-order valence-electron chi connectivity index (χ2n) is 6.54. The summed E-state index contributed by atoms with van der Waals surface area (Å²) in [7, 11) is 0. The van der Waals surface area contributed by atoms with Crippen LogP contribution in [0.3, 0.4) is 0 Å². The van der Waals surface area contributed by atoms with Crippen molar-refractivity contribution < 1.29 is 9.59 Å². The Kier molecular flexibility index (Phi) is 5.08. The van der Waals surface area contributed by atoms with E-state index in [-0.39, 0.29) is 17.5 Å². The van der Waals surface area contributed by atoms with E-state index in [1.807, 2.05) is 24.3 Å². The molecule has 2 aromatic heterocycles. The fraction of sp³-hybridized carbons (Fsp3) is 0.200. The fourth-order valence-electron chi connectivity index (χ4n) is 3.09. The minimum Gasteiger partial charge on any atom is -0.347 e. The average molecular weight is 396 g/mol. The molecule has 0 spiro atoms. The van der Waals surface area contributed by atoms with Gasteiger partial charge in [-0.2, -0.15) is 5.10 Å². The van der Waals surface area contributed by atoms with Gasteiger partial charge in [0.05, 0.1) is 6.54 Å². The van der Waals surface area contributed by atoms with Crippen LogP contribution in [-0.2, 0) is 19.6 Å². The summed E-state index contributed by atoms with van der Waals surface area (Å²) in [5, 5.41) is 7.75. The molecule has 2 amide bonds. The van der Waals surface area contributed by atoms with E-state index in [0.717, 1.165) is 11.1 Å². The van der Waals surface area contributed by atoms with Gasteiger partial charge in [0.15, 0.2) is 5.69 Å². The molecule has 0 bridgehead atoms. The Morgan fingerprint density at radius 3 is 2.71 bits per heavy atom. The molecular formula is C20H18ClN5O2. The monoisotopic (exact) mass is 395 g/mol. The molecule has 1 N–H and O–H groups in total. The molecule has 3 heterocycles. The number of halogens is 1. The molecule has 142 valence electrons. The SMILES string of the molecule is O=C(NCc1cccnc1)c1cc2n(n1)CCN(Cc1ccc(Cl)cc1)C2=O. The zero-order valence-corrected chi connectivity index (χ0v) is 15.8. The van der Waals surface area contributed by atoms with Gasteiger partial charge in [-0.3, -0.25) is 19.3 Å². The minimum absolute atomic E-state index is 0.139. The number of nitrogens with one attached hydrogen (secondary N) is 1. The molecular weight excluding hydrogens is 378 g/mol. The number of rotatable bonds is 5. The van der Waals surface area contributed by atoms with Crippen molar-refractivity contribution in [3.05, 3.63) is 82.4 Å². The zero-order chi connectivity index (χ0) is 19.5. The smallest absolute Gasteiger partial charge is 0.272 e. The number of nitrogens with zero attached hydrogens (tertiary/aromatic N) is 4. The van der Waals surface area contributed by atoms with Crippen molar-refractivity contribution in [3.63, 3.8) is 0 Å². The molecule has 0 saturated carbocycles. The summed E-state index contributed by atoms with van der Waals surface area (Å²) in [6.07, 6.45) is 3.37. The topological polar surface area (TPSA) is 80.1 Å². The summed E-state index contributed by atoms with van der Waals surface area (Å²) < 4.78 is 1.60. The molecule has 4 rings (SSSR count). The maximum Gasteiger partial charge on any atom is 0.272 e. The van der Waals surface area contributed by atoms with Gasteiger partial charge in [0.2, 0.25) is 0 Å². The molecule has 7 nitrogen and oxygen atoms in total. The number of fused-ring (bicyclic) bond motifs is 1. The third-order valence-electron chi connectivity index (χ3n) is 4.56. The van der Waals surface area contributed by atoms with Crippen LogP contribution < -0.4 is 5.32 Å². The third-order valence-corrected chi connectivity index (χ3v) is 4.82. The average Bonchev–Trinajstić information content (AvgIpc) is 3.16. The van der Waals surface area contributed by atoms with Crippen LogP contribution in [0.2, 0.25) is 5.02 Å². The second kappa shape index (κ2) is 7.82. The van der Waals surface area contributed by atoms with E-state index in [9.17, 15) is 9.59 Å². The minimum atomic E-state index is -0.317. The summed E-state index contributed by atoms with van der Waals surface area (Å²) in [6.45, 7) is 1.92. The third kappa shape index (κ3) is 3.89. The molecule has 0 radical (unpaired) electrons. The van der Waals surface area contributed by atoms with Gasteiger partial charge in [-0.1, -0.05) is 29.8 Å². The summed E-state index contributed by atoms with van der Waals surface area (Å²) in [4.78, 5) is 31.0. The van der Waals surface area contributed by atoms with Crippen molar-refractivity contribution >= 4 is 23.4 Å². The van der Waals surface area contributed by atoms with Gasteiger partial charge >= 0.3 is 0 Å². The molecule has 1 aliphatic heterocycles. The van der Waals surface area contributed by atoms with Crippen LogP contribution in [-0.4, -0.2) is 38.0 Å². The van der Waals surface area contributed by atoms with E-state index in [2.05, 4.69) is 15.4 Å². The van der Waals surface area contributed by atoms with Crippen molar-refractivity contribution in [2.24, 2.45) is 0 Å². The van der Waals surface area contributed by atoms with Gasteiger partial charge in [0.1, 0.15) is 5.69 Å². The number of pyridine rings is 1. The van der Waals surface area contributed by atoms with Crippen LogP contribution in [0.4, 0.5) is 0 Å². The Balaban J connectivity index is 1.44. The predicted molar refractivity (Wildman–Crippen MR) is 104 cm³/mol. The standard InChI is InChI=1S/C20H18ClN5O2/c21-16-5-3-14(4-6-16)13-25-8-9-26-18(20(25)28)10-17(24-26)19(27)23-12-15-2-1-7-22-11-15/h1-7,10-11H,8-9,12-13H2,(H,23,27). The molecule has 0 saturated heterocycles. The Morgan fingerprint density at radius 1 is 1.14 bits per heavy atom.